The molecule has 2 fully saturated rings. The Hall–Kier alpha value is -1.30. The Kier molecular flexibility index (Phi) is 8.52. The minimum atomic E-state index is -0.143. The van der Waals surface area contributed by atoms with Gasteiger partial charge in [0.2, 0.25) is 5.91 Å². The highest BCUT2D eigenvalue weighted by Gasteiger charge is 2.33. The largest absolute Gasteiger partial charge is 0.349 e. The molecule has 5 N–H and O–H groups in total. The molecule has 0 aromatic carbocycles. The zero-order valence-corrected chi connectivity index (χ0v) is 15.6. The van der Waals surface area contributed by atoms with Gasteiger partial charge in [-0.15, -0.1) is 0 Å². The number of nitrogens with one attached hydrogen (secondary N) is 3. The molecule has 0 aromatic rings. The van der Waals surface area contributed by atoms with Crippen LogP contribution in [0.3, 0.4) is 0 Å². The van der Waals surface area contributed by atoms with Crippen LogP contribution in [-0.4, -0.2) is 36.6 Å². The van der Waals surface area contributed by atoms with Crippen molar-refractivity contribution < 1.29 is 9.59 Å². The van der Waals surface area contributed by atoms with Gasteiger partial charge in [0, 0.05) is 25.6 Å². The first kappa shape index (κ1) is 20.0. The number of urea groups is 1. The number of amides is 3. The molecule has 0 saturated heterocycles. The van der Waals surface area contributed by atoms with E-state index in [1.54, 1.807) is 0 Å². The van der Waals surface area contributed by atoms with Crippen molar-refractivity contribution in [2.24, 2.45) is 5.73 Å². The smallest absolute Gasteiger partial charge is 0.315 e. The number of carbonyl (C=O) groups excluding carboxylic acids is 2. The van der Waals surface area contributed by atoms with Crippen molar-refractivity contribution in [3.8, 4) is 0 Å². The van der Waals surface area contributed by atoms with Crippen molar-refractivity contribution in [3.63, 3.8) is 0 Å². The average molecular weight is 353 g/mol. The maximum atomic E-state index is 12.1. The molecule has 2 rings (SSSR count). The molecule has 0 heterocycles. The van der Waals surface area contributed by atoms with E-state index < -0.39 is 0 Å². The summed E-state index contributed by atoms with van der Waals surface area (Å²) < 4.78 is 0. The second-order valence-corrected chi connectivity index (χ2v) is 7.79. The number of hydrogen-bond donors (Lipinski definition) is 4. The summed E-state index contributed by atoms with van der Waals surface area (Å²) in [6, 6.07) is 0.304. The van der Waals surface area contributed by atoms with Crippen LogP contribution in [0.5, 0.6) is 0 Å². The van der Waals surface area contributed by atoms with Gasteiger partial charge in [0.1, 0.15) is 0 Å². The summed E-state index contributed by atoms with van der Waals surface area (Å²) in [7, 11) is 0. The minimum absolute atomic E-state index is 0.0456. The van der Waals surface area contributed by atoms with Crippen LogP contribution < -0.4 is 21.7 Å². The number of hydrogen-bond acceptors (Lipinski definition) is 3. The minimum Gasteiger partial charge on any atom is -0.349 e. The Morgan fingerprint density at radius 3 is 2.36 bits per heavy atom. The maximum Gasteiger partial charge on any atom is 0.315 e. The lowest BCUT2D eigenvalue weighted by Crippen LogP contribution is -2.51. The molecule has 6 heteroatoms. The molecule has 25 heavy (non-hydrogen) atoms. The van der Waals surface area contributed by atoms with E-state index in [1.165, 1.54) is 19.3 Å². The van der Waals surface area contributed by atoms with Crippen LogP contribution in [0.25, 0.3) is 0 Å². The molecule has 2 aliphatic rings. The second-order valence-electron chi connectivity index (χ2n) is 7.79. The van der Waals surface area contributed by atoms with Crippen LogP contribution >= 0.6 is 0 Å². The van der Waals surface area contributed by atoms with Gasteiger partial charge in [-0.2, -0.15) is 0 Å². The molecular weight excluding hydrogens is 316 g/mol. The van der Waals surface area contributed by atoms with E-state index in [9.17, 15) is 9.59 Å². The molecule has 2 aliphatic carbocycles. The lowest BCUT2D eigenvalue weighted by atomic mass is 9.96. The first-order chi connectivity index (χ1) is 12.1. The Labute approximate surface area is 152 Å². The molecule has 0 aromatic heterocycles. The zero-order chi connectivity index (χ0) is 18.0. The Bertz CT molecular complexity index is 416. The van der Waals surface area contributed by atoms with Gasteiger partial charge in [-0.05, 0) is 38.5 Å². The topological polar surface area (TPSA) is 96.2 Å². The number of unbranched alkanes of at least 4 members (excludes halogenated alkanes) is 2. The molecule has 6 nitrogen and oxygen atoms in total. The number of nitrogens with two attached hydrogens (primary N) is 1. The summed E-state index contributed by atoms with van der Waals surface area (Å²) >= 11 is 0. The fraction of sp³-hybridized carbons (Fsp3) is 0.895. The van der Waals surface area contributed by atoms with E-state index in [0.29, 0.717) is 25.6 Å². The molecule has 0 unspecified atom stereocenters. The lowest BCUT2D eigenvalue weighted by molar-refractivity contribution is -0.123. The predicted molar refractivity (Wildman–Crippen MR) is 100 cm³/mol. The molecular formula is C19H36N4O2. The van der Waals surface area contributed by atoms with Crippen LogP contribution in [0.2, 0.25) is 0 Å². The molecule has 0 spiro atoms. The monoisotopic (exact) mass is 352 g/mol. The molecule has 0 aliphatic heterocycles. The number of rotatable bonds is 9. The van der Waals surface area contributed by atoms with Crippen LogP contribution in [0.1, 0.15) is 83.5 Å². The van der Waals surface area contributed by atoms with E-state index in [1.807, 2.05) is 0 Å². The van der Waals surface area contributed by atoms with Gasteiger partial charge in [0.25, 0.3) is 0 Å². The van der Waals surface area contributed by atoms with Crippen LogP contribution in [0, 0.1) is 0 Å². The summed E-state index contributed by atoms with van der Waals surface area (Å²) in [5.74, 6) is 0.121. The summed E-state index contributed by atoms with van der Waals surface area (Å²) in [4.78, 5) is 23.9. The zero-order valence-electron chi connectivity index (χ0n) is 15.6. The lowest BCUT2D eigenvalue weighted by Gasteiger charge is -2.28. The van der Waals surface area contributed by atoms with Crippen molar-refractivity contribution >= 4 is 11.9 Å². The fourth-order valence-corrected chi connectivity index (χ4v) is 4.06. The highest BCUT2D eigenvalue weighted by molar-refractivity contribution is 5.76. The van der Waals surface area contributed by atoms with Gasteiger partial charge in [-0.25, -0.2) is 4.79 Å². The molecule has 0 radical (unpaired) electrons. The second kappa shape index (κ2) is 10.6. The summed E-state index contributed by atoms with van der Waals surface area (Å²) in [6.45, 7) is 1.21. The Morgan fingerprint density at radius 2 is 1.68 bits per heavy atom. The Morgan fingerprint density at radius 1 is 0.960 bits per heavy atom. The van der Waals surface area contributed by atoms with E-state index >= 15 is 0 Å². The molecule has 0 atom stereocenters. The van der Waals surface area contributed by atoms with Crippen molar-refractivity contribution in [1.29, 1.82) is 0 Å². The third-order valence-electron chi connectivity index (χ3n) is 5.66. The summed E-state index contributed by atoms with van der Waals surface area (Å²) in [5, 5.41) is 9.13. The van der Waals surface area contributed by atoms with Crippen LogP contribution in [-0.2, 0) is 4.79 Å². The summed E-state index contributed by atoms with van der Waals surface area (Å²) in [5.41, 5.74) is 5.70. The van der Waals surface area contributed by atoms with Crippen molar-refractivity contribution in [2.45, 2.75) is 95.1 Å². The van der Waals surface area contributed by atoms with E-state index in [-0.39, 0.29) is 17.5 Å². The first-order valence-electron chi connectivity index (χ1n) is 10.2. The fourth-order valence-electron chi connectivity index (χ4n) is 4.06. The number of carbonyl (C=O) groups is 2. The van der Waals surface area contributed by atoms with Gasteiger partial charge < -0.3 is 21.7 Å². The van der Waals surface area contributed by atoms with Gasteiger partial charge in [-0.1, -0.05) is 38.5 Å². The van der Waals surface area contributed by atoms with Crippen molar-refractivity contribution in [1.82, 2.24) is 16.0 Å². The van der Waals surface area contributed by atoms with Gasteiger partial charge >= 0.3 is 6.03 Å². The SMILES string of the molecule is NCC1(NC(=O)CCCCCNC(=O)NC2CCCCC2)CCCC1. The first-order valence-corrected chi connectivity index (χ1v) is 10.2. The summed E-state index contributed by atoms with van der Waals surface area (Å²) in [6.07, 6.45) is 13.5. The average Bonchev–Trinajstić information content (AvgIpc) is 3.08. The molecule has 3 amide bonds. The van der Waals surface area contributed by atoms with Crippen LogP contribution in [0.15, 0.2) is 0 Å². The van der Waals surface area contributed by atoms with E-state index in [4.69, 9.17) is 5.73 Å². The Balaban J connectivity index is 1.47. The standard InChI is InChI=1S/C19H36N4O2/c20-15-19(12-6-7-13-19)23-17(24)11-5-2-8-14-21-18(25)22-16-9-3-1-4-10-16/h16H,1-15,20H2,(H,23,24)(H2,21,22,25). The third-order valence-corrected chi connectivity index (χ3v) is 5.66. The van der Waals surface area contributed by atoms with E-state index in [0.717, 1.165) is 57.8 Å². The van der Waals surface area contributed by atoms with Gasteiger partial charge in [-0.3, -0.25) is 4.79 Å². The highest BCUT2D eigenvalue weighted by atomic mass is 16.2. The highest BCUT2D eigenvalue weighted by Crippen LogP contribution is 2.28. The molecule has 2 saturated carbocycles. The van der Waals surface area contributed by atoms with Crippen LogP contribution in [0.4, 0.5) is 4.79 Å². The van der Waals surface area contributed by atoms with Crippen molar-refractivity contribution in [3.05, 3.63) is 0 Å². The van der Waals surface area contributed by atoms with Gasteiger partial charge in [0.05, 0.1) is 5.54 Å². The normalized spacial score (nSPS) is 20.2. The predicted octanol–water partition coefficient (Wildman–Crippen LogP) is 2.57. The van der Waals surface area contributed by atoms with Crippen molar-refractivity contribution in [2.75, 3.05) is 13.1 Å². The maximum absolute atomic E-state index is 12.1. The molecule has 0 bridgehead atoms. The quantitative estimate of drug-likeness (QED) is 0.480. The third kappa shape index (κ3) is 7.22. The molecule has 144 valence electrons. The van der Waals surface area contributed by atoms with E-state index in [2.05, 4.69) is 16.0 Å². The van der Waals surface area contributed by atoms with Gasteiger partial charge in [0.15, 0.2) is 0 Å².